The summed E-state index contributed by atoms with van der Waals surface area (Å²) in [6.07, 6.45) is 0.465. The highest BCUT2D eigenvalue weighted by Gasteiger charge is 2.40. The van der Waals surface area contributed by atoms with Crippen molar-refractivity contribution < 1.29 is 24.2 Å². The number of nitrogens with zero attached hydrogens (tertiary/aromatic N) is 1. The van der Waals surface area contributed by atoms with Crippen molar-refractivity contribution in [2.24, 2.45) is 5.41 Å². The number of ketones is 1. The second-order valence-corrected chi connectivity index (χ2v) is 6.57. The first kappa shape index (κ1) is 18.0. The van der Waals surface area contributed by atoms with E-state index in [9.17, 15) is 19.5 Å². The Balaban J connectivity index is 2.05. The van der Waals surface area contributed by atoms with Crippen LogP contribution in [0.2, 0.25) is 0 Å². The summed E-state index contributed by atoms with van der Waals surface area (Å²) in [6, 6.07) is 6.67. The van der Waals surface area contributed by atoms with Crippen LogP contribution >= 0.6 is 0 Å². The number of carbonyl (C=O) groups excluding carboxylic acids is 2. The average molecular weight is 333 g/mol. The van der Waals surface area contributed by atoms with Crippen LogP contribution in [0.25, 0.3) is 0 Å². The van der Waals surface area contributed by atoms with E-state index in [0.29, 0.717) is 30.7 Å². The van der Waals surface area contributed by atoms with Gasteiger partial charge in [0.15, 0.2) is 11.9 Å². The van der Waals surface area contributed by atoms with Crippen molar-refractivity contribution >= 4 is 17.7 Å². The van der Waals surface area contributed by atoms with Gasteiger partial charge in [-0.05, 0) is 45.7 Å². The number of carboxylic acids is 1. The molecule has 0 radical (unpaired) electrons. The number of piperidine rings is 1. The summed E-state index contributed by atoms with van der Waals surface area (Å²) in [5, 5.41) is 9.35. The maximum atomic E-state index is 12.6. The summed E-state index contributed by atoms with van der Waals surface area (Å²) in [4.78, 5) is 36.9. The fraction of sp³-hybridized carbons (Fsp3) is 0.500. The van der Waals surface area contributed by atoms with Gasteiger partial charge in [-0.2, -0.15) is 0 Å². The van der Waals surface area contributed by atoms with Gasteiger partial charge in [-0.3, -0.25) is 14.4 Å². The molecule has 1 heterocycles. The van der Waals surface area contributed by atoms with Crippen molar-refractivity contribution in [2.75, 3.05) is 13.1 Å². The summed E-state index contributed by atoms with van der Waals surface area (Å²) in [6.45, 7) is 5.48. The molecule has 1 amide bonds. The van der Waals surface area contributed by atoms with Crippen LogP contribution in [0.3, 0.4) is 0 Å². The number of carbonyl (C=O) groups is 3. The van der Waals surface area contributed by atoms with Crippen molar-refractivity contribution in [3.05, 3.63) is 29.8 Å². The van der Waals surface area contributed by atoms with Gasteiger partial charge in [0.2, 0.25) is 0 Å². The number of hydrogen-bond donors (Lipinski definition) is 1. The fourth-order valence-corrected chi connectivity index (χ4v) is 2.90. The third-order valence-electron chi connectivity index (χ3n) is 4.43. The predicted molar refractivity (Wildman–Crippen MR) is 88.1 cm³/mol. The summed E-state index contributed by atoms with van der Waals surface area (Å²) in [7, 11) is 0. The first-order chi connectivity index (χ1) is 11.2. The van der Waals surface area contributed by atoms with Gasteiger partial charge in [-0.25, -0.2) is 0 Å². The number of Topliss-reactive ketones (excluding diaryl/α,β-unsaturated/α-hetero) is 1. The zero-order valence-electron chi connectivity index (χ0n) is 14.2. The molecule has 0 spiro atoms. The molecule has 1 aromatic rings. The topological polar surface area (TPSA) is 83.9 Å². The maximum Gasteiger partial charge on any atom is 0.311 e. The van der Waals surface area contributed by atoms with E-state index in [0.717, 1.165) is 0 Å². The lowest BCUT2D eigenvalue weighted by Gasteiger charge is -2.38. The Morgan fingerprint density at radius 3 is 2.67 bits per heavy atom. The SMILES string of the molecule is CC(=O)c1cccc(OC(C)C(=O)N2CCCC(C)(C(=O)O)C2)c1. The van der Waals surface area contributed by atoms with Gasteiger partial charge < -0.3 is 14.7 Å². The Morgan fingerprint density at radius 1 is 1.33 bits per heavy atom. The van der Waals surface area contributed by atoms with Gasteiger partial charge in [0.25, 0.3) is 5.91 Å². The predicted octanol–water partition coefficient (Wildman–Crippen LogP) is 2.37. The molecule has 2 atom stereocenters. The lowest BCUT2D eigenvalue weighted by molar-refractivity contribution is -0.155. The molecule has 2 unspecified atom stereocenters. The molecular formula is C18H23NO5. The number of ether oxygens (including phenoxy) is 1. The summed E-state index contributed by atoms with van der Waals surface area (Å²) in [5.41, 5.74) is -0.397. The molecule has 2 rings (SSSR count). The zero-order valence-corrected chi connectivity index (χ0v) is 14.2. The van der Waals surface area contributed by atoms with Gasteiger partial charge in [0.05, 0.1) is 5.41 Å². The largest absolute Gasteiger partial charge is 0.481 e. The van der Waals surface area contributed by atoms with Crippen LogP contribution in [0, 0.1) is 5.41 Å². The Kier molecular flexibility index (Phi) is 5.26. The molecule has 24 heavy (non-hydrogen) atoms. The lowest BCUT2D eigenvalue weighted by atomic mass is 9.82. The monoisotopic (exact) mass is 333 g/mol. The Bertz CT molecular complexity index is 657. The third-order valence-corrected chi connectivity index (χ3v) is 4.43. The highest BCUT2D eigenvalue weighted by atomic mass is 16.5. The third kappa shape index (κ3) is 3.93. The van der Waals surface area contributed by atoms with Crippen LogP contribution in [0.4, 0.5) is 0 Å². The summed E-state index contributed by atoms with van der Waals surface area (Å²) >= 11 is 0. The van der Waals surface area contributed by atoms with Crippen molar-refractivity contribution in [3.63, 3.8) is 0 Å². The first-order valence-electron chi connectivity index (χ1n) is 8.03. The van der Waals surface area contributed by atoms with E-state index in [4.69, 9.17) is 4.74 Å². The maximum absolute atomic E-state index is 12.6. The molecule has 0 bridgehead atoms. The van der Waals surface area contributed by atoms with Crippen molar-refractivity contribution in [2.45, 2.75) is 39.7 Å². The van der Waals surface area contributed by atoms with Crippen LogP contribution in [0.1, 0.15) is 44.0 Å². The number of amides is 1. The zero-order chi connectivity index (χ0) is 17.9. The van der Waals surface area contributed by atoms with Gasteiger partial charge in [0.1, 0.15) is 5.75 Å². The van der Waals surface area contributed by atoms with Crippen LogP contribution in [-0.2, 0) is 9.59 Å². The molecule has 0 saturated carbocycles. The van der Waals surface area contributed by atoms with Gasteiger partial charge in [0, 0.05) is 18.7 Å². The smallest absolute Gasteiger partial charge is 0.311 e. The number of rotatable bonds is 5. The molecule has 6 heteroatoms. The van der Waals surface area contributed by atoms with Crippen LogP contribution < -0.4 is 4.74 Å². The molecular weight excluding hydrogens is 310 g/mol. The highest BCUT2D eigenvalue weighted by molar-refractivity contribution is 5.94. The molecule has 1 saturated heterocycles. The Labute approximate surface area is 141 Å². The van der Waals surface area contributed by atoms with Crippen molar-refractivity contribution in [3.8, 4) is 5.75 Å². The quantitative estimate of drug-likeness (QED) is 0.836. The van der Waals surface area contributed by atoms with E-state index in [1.165, 1.54) is 6.92 Å². The minimum atomic E-state index is -0.915. The number of hydrogen-bond acceptors (Lipinski definition) is 4. The van der Waals surface area contributed by atoms with Gasteiger partial charge >= 0.3 is 5.97 Å². The minimum Gasteiger partial charge on any atom is -0.481 e. The highest BCUT2D eigenvalue weighted by Crippen LogP contribution is 2.30. The standard InChI is InChI=1S/C18H23NO5/c1-12(20)14-6-4-7-15(10-14)24-13(2)16(21)19-9-5-8-18(3,11-19)17(22)23/h4,6-7,10,13H,5,8-9,11H2,1-3H3,(H,22,23). The number of carboxylic acid groups (broad SMARTS) is 1. The Morgan fingerprint density at radius 2 is 2.04 bits per heavy atom. The second-order valence-electron chi connectivity index (χ2n) is 6.57. The molecule has 1 fully saturated rings. The average Bonchev–Trinajstić information content (AvgIpc) is 2.54. The number of likely N-dealkylation sites (tertiary alicyclic amines) is 1. The lowest BCUT2D eigenvalue weighted by Crippen LogP contribution is -2.51. The first-order valence-corrected chi connectivity index (χ1v) is 8.03. The molecule has 130 valence electrons. The van der Waals surface area contributed by atoms with E-state index in [1.807, 2.05) is 0 Å². The van der Waals surface area contributed by atoms with E-state index < -0.39 is 17.5 Å². The van der Waals surface area contributed by atoms with E-state index in [1.54, 1.807) is 43.0 Å². The van der Waals surface area contributed by atoms with Crippen molar-refractivity contribution in [1.82, 2.24) is 4.90 Å². The van der Waals surface area contributed by atoms with Crippen LogP contribution in [0.5, 0.6) is 5.75 Å². The van der Waals surface area contributed by atoms with Crippen molar-refractivity contribution in [1.29, 1.82) is 0 Å². The van der Waals surface area contributed by atoms with E-state index in [-0.39, 0.29) is 18.2 Å². The molecule has 1 aliphatic rings. The minimum absolute atomic E-state index is 0.0762. The van der Waals surface area contributed by atoms with E-state index in [2.05, 4.69) is 0 Å². The molecule has 0 aromatic heterocycles. The molecule has 6 nitrogen and oxygen atoms in total. The molecule has 1 aromatic carbocycles. The van der Waals surface area contributed by atoms with Crippen LogP contribution in [0.15, 0.2) is 24.3 Å². The molecule has 1 aliphatic heterocycles. The molecule has 1 N–H and O–H groups in total. The summed E-state index contributed by atoms with van der Waals surface area (Å²) in [5.74, 6) is -0.757. The summed E-state index contributed by atoms with van der Waals surface area (Å²) < 4.78 is 5.66. The Hall–Kier alpha value is -2.37. The number of benzene rings is 1. The normalized spacial score (nSPS) is 21.9. The fourth-order valence-electron chi connectivity index (χ4n) is 2.90. The van der Waals surface area contributed by atoms with E-state index >= 15 is 0 Å². The molecule has 0 aliphatic carbocycles. The second kappa shape index (κ2) is 7.03. The van der Waals surface area contributed by atoms with Crippen LogP contribution in [-0.4, -0.2) is 46.9 Å². The van der Waals surface area contributed by atoms with Gasteiger partial charge in [-0.15, -0.1) is 0 Å². The van der Waals surface area contributed by atoms with Gasteiger partial charge in [-0.1, -0.05) is 12.1 Å². The number of aliphatic carboxylic acids is 1.